The first-order chi connectivity index (χ1) is 12.1. The highest BCUT2D eigenvalue weighted by molar-refractivity contribution is 5.88. The average molecular weight is 351 g/mol. The number of amides is 2. The smallest absolute Gasteiger partial charge is 0.246 e. The molecule has 7 nitrogen and oxygen atoms in total. The lowest BCUT2D eigenvalue weighted by Gasteiger charge is -2.26. The van der Waals surface area contributed by atoms with Gasteiger partial charge in [-0.05, 0) is 58.0 Å². The third-order valence-electron chi connectivity index (χ3n) is 4.62. The molecule has 7 heteroatoms. The highest BCUT2D eigenvalue weighted by atomic mass is 16.2. The Morgan fingerprint density at radius 1 is 1.12 bits per heavy atom. The monoisotopic (exact) mass is 351 g/mol. The van der Waals surface area contributed by atoms with E-state index in [1.165, 1.54) is 0 Å². The van der Waals surface area contributed by atoms with Gasteiger partial charge in [-0.2, -0.15) is 5.26 Å². The third kappa shape index (κ3) is 7.84. The number of nitrogens with zero attached hydrogens (tertiary/aromatic N) is 2. The van der Waals surface area contributed by atoms with Crippen molar-refractivity contribution in [2.45, 2.75) is 76.3 Å². The fraction of sp³-hybridized carbons (Fsp3) is 0.833. The van der Waals surface area contributed by atoms with Crippen LogP contribution in [-0.2, 0) is 9.59 Å². The second kappa shape index (κ2) is 12.7. The summed E-state index contributed by atoms with van der Waals surface area (Å²) in [6.45, 7) is 1.85. The molecule has 0 unspecified atom stereocenters. The fourth-order valence-electron chi connectivity index (χ4n) is 3.16. The van der Waals surface area contributed by atoms with Crippen molar-refractivity contribution in [3.63, 3.8) is 0 Å². The predicted molar refractivity (Wildman–Crippen MR) is 97.3 cm³/mol. The van der Waals surface area contributed by atoms with Crippen molar-refractivity contribution in [3.8, 4) is 6.07 Å². The summed E-state index contributed by atoms with van der Waals surface area (Å²) in [4.78, 5) is 26.6. The Kier molecular flexibility index (Phi) is 10.8. The van der Waals surface area contributed by atoms with Crippen LogP contribution in [-0.4, -0.2) is 48.4 Å². The van der Waals surface area contributed by atoms with E-state index < -0.39 is 6.04 Å². The number of carbonyl (C=O) groups excluding carboxylic acids is 2. The van der Waals surface area contributed by atoms with Gasteiger partial charge in [-0.3, -0.25) is 9.59 Å². The van der Waals surface area contributed by atoms with Crippen molar-refractivity contribution in [1.82, 2.24) is 10.2 Å². The zero-order chi connectivity index (χ0) is 18.5. The number of unbranched alkanes of at least 4 members (excludes halogenated alkanes) is 4. The van der Waals surface area contributed by atoms with E-state index in [4.69, 9.17) is 11.5 Å². The van der Waals surface area contributed by atoms with Crippen molar-refractivity contribution in [2.75, 3.05) is 19.6 Å². The largest absolute Gasteiger partial charge is 0.344 e. The zero-order valence-electron chi connectivity index (χ0n) is 15.2. The summed E-state index contributed by atoms with van der Waals surface area (Å²) in [5.41, 5.74) is 11.0. The summed E-state index contributed by atoms with van der Waals surface area (Å²) in [7, 11) is 0. The van der Waals surface area contributed by atoms with E-state index in [9.17, 15) is 14.9 Å². The fourth-order valence-corrected chi connectivity index (χ4v) is 3.16. The van der Waals surface area contributed by atoms with Crippen LogP contribution in [0.2, 0.25) is 0 Å². The zero-order valence-corrected chi connectivity index (χ0v) is 15.2. The Balaban J connectivity index is 2.52. The lowest BCUT2D eigenvalue weighted by molar-refractivity contribution is -0.136. The van der Waals surface area contributed by atoms with Crippen molar-refractivity contribution < 1.29 is 9.59 Å². The summed E-state index contributed by atoms with van der Waals surface area (Å²) in [5, 5.41) is 12.1. The van der Waals surface area contributed by atoms with Crippen LogP contribution in [0, 0.1) is 11.3 Å². The highest BCUT2D eigenvalue weighted by Gasteiger charge is 2.33. The normalized spacial score (nSPS) is 18.0. The first kappa shape index (κ1) is 21.4. The molecule has 0 radical (unpaired) electrons. The van der Waals surface area contributed by atoms with Crippen LogP contribution in [0.5, 0.6) is 0 Å². The van der Waals surface area contributed by atoms with Gasteiger partial charge < -0.3 is 21.7 Å². The number of nitriles is 1. The number of nitrogens with one attached hydrogen (secondary N) is 1. The maximum Gasteiger partial charge on any atom is 0.246 e. The molecule has 1 rings (SSSR count). The molecule has 0 aromatic rings. The van der Waals surface area contributed by atoms with Crippen LogP contribution in [0.15, 0.2) is 0 Å². The molecule has 0 bridgehead atoms. The quantitative estimate of drug-likeness (QED) is 0.453. The van der Waals surface area contributed by atoms with Crippen LogP contribution in [0.4, 0.5) is 0 Å². The molecular formula is C18H33N5O2. The maximum absolute atomic E-state index is 12.8. The standard InChI is InChI=1S/C18H33N5O2/c19-11-5-2-1-3-10-17(24)22-16(9-4-6-12-20)18(25)23-13-7-8-15(23)14-21/h15-16H,1-13,19-20H2,(H,22,24)/t15-,16-/m0/s1. The summed E-state index contributed by atoms with van der Waals surface area (Å²) >= 11 is 0. The van der Waals surface area contributed by atoms with Gasteiger partial charge in [-0.25, -0.2) is 0 Å². The summed E-state index contributed by atoms with van der Waals surface area (Å²) in [6, 6.07) is 1.28. The number of nitrogens with two attached hydrogens (primary N) is 2. The summed E-state index contributed by atoms with van der Waals surface area (Å²) < 4.78 is 0. The van der Waals surface area contributed by atoms with Crippen LogP contribution in [0.25, 0.3) is 0 Å². The average Bonchev–Trinajstić information content (AvgIpc) is 3.09. The van der Waals surface area contributed by atoms with Gasteiger partial charge in [0.25, 0.3) is 0 Å². The van der Waals surface area contributed by atoms with E-state index in [1.807, 2.05) is 0 Å². The minimum absolute atomic E-state index is 0.0912. The second-order valence-corrected chi connectivity index (χ2v) is 6.68. The van der Waals surface area contributed by atoms with E-state index in [0.717, 1.165) is 44.9 Å². The van der Waals surface area contributed by atoms with E-state index in [0.29, 0.717) is 38.9 Å². The molecule has 1 saturated heterocycles. The van der Waals surface area contributed by atoms with Gasteiger partial charge in [0.05, 0.1) is 6.07 Å². The predicted octanol–water partition coefficient (Wildman–Crippen LogP) is 1.02. The molecule has 0 aliphatic carbocycles. The lowest BCUT2D eigenvalue weighted by atomic mass is 10.1. The van der Waals surface area contributed by atoms with Gasteiger partial charge in [0, 0.05) is 13.0 Å². The molecule has 0 aromatic heterocycles. The Morgan fingerprint density at radius 2 is 1.80 bits per heavy atom. The van der Waals surface area contributed by atoms with E-state index in [1.54, 1.807) is 4.90 Å². The van der Waals surface area contributed by atoms with Crippen molar-refractivity contribution >= 4 is 11.8 Å². The van der Waals surface area contributed by atoms with Gasteiger partial charge in [0.15, 0.2) is 0 Å². The molecule has 0 aromatic carbocycles. The van der Waals surface area contributed by atoms with Gasteiger partial charge >= 0.3 is 0 Å². The molecule has 1 heterocycles. The molecule has 1 aliphatic heterocycles. The van der Waals surface area contributed by atoms with Crippen LogP contribution >= 0.6 is 0 Å². The number of carbonyl (C=O) groups is 2. The lowest BCUT2D eigenvalue weighted by Crippen LogP contribution is -2.49. The molecule has 1 aliphatic rings. The summed E-state index contributed by atoms with van der Waals surface area (Å²) in [5.74, 6) is -0.218. The Hall–Kier alpha value is -1.65. The molecule has 0 saturated carbocycles. The van der Waals surface area contributed by atoms with Crippen molar-refractivity contribution in [1.29, 1.82) is 5.26 Å². The van der Waals surface area contributed by atoms with E-state index >= 15 is 0 Å². The van der Waals surface area contributed by atoms with Gasteiger partial charge in [-0.15, -0.1) is 0 Å². The topological polar surface area (TPSA) is 125 Å². The minimum atomic E-state index is -0.544. The van der Waals surface area contributed by atoms with Gasteiger partial charge in [0.2, 0.25) is 11.8 Å². The van der Waals surface area contributed by atoms with Crippen molar-refractivity contribution in [2.24, 2.45) is 11.5 Å². The highest BCUT2D eigenvalue weighted by Crippen LogP contribution is 2.19. The maximum atomic E-state index is 12.8. The molecule has 2 amide bonds. The molecule has 0 spiro atoms. The Labute approximate surface area is 151 Å². The molecule has 5 N–H and O–H groups in total. The first-order valence-electron chi connectivity index (χ1n) is 9.53. The molecule has 142 valence electrons. The molecule has 2 atom stereocenters. The number of likely N-dealkylation sites (tertiary alicyclic amines) is 1. The SMILES string of the molecule is N#C[C@@H]1CCCN1C(=O)[C@H](CCCCN)NC(=O)CCCCCCN. The first-order valence-corrected chi connectivity index (χ1v) is 9.53. The van der Waals surface area contributed by atoms with Crippen LogP contribution in [0.3, 0.4) is 0 Å². The van der Waals surface area contributed by atoms with E-state index in [2.05, 4.69) is 11.4 Å². The van der Waals surface area contributed by atoms with Crippen LogP contribution in [0.1, 0.15) is 64.2 Å². The minimum Gasteiger partial charge on any atom is -0.344 e. The number of hydrogen-bond acceptors (Lipinski definition) is 5. The Morgan fingerprint density at radius 3 is 2.48 bits per heavy atom. The molecule has 25 heavy (non-hydrogen) atoms. The molecule has 1 fully saturated rings. The third-order valence-corrected chi connectivity index (χ3v) is 4.62. The summed E-state index contributed by atoms with van der Waals surface area (Å²) in [6.07, 6.45) is 7.94. The van der Waals surface area contributed by atoms with Crippen molar-refractivity contribution in [3.05, 3.63) is 0 Å². The van der Waals surface area contributed by atoms with Crippen LogP contribution < -0.4 is 16.8 Å². The van der Waals surface area contributed by atoms with Gasteiger partial charge in [0.1, 0.15) is 12.1 Å². The van der Waals surface area contributed by atoms with Gasteiger partial charge in [-0.1, -0.05) is 12.8 Å². The molecular weight excluding hydrogens is 318 g/mol. The van der Waals surface area contributed by atoms with E-state index in [-0.39, 0.29) is 17.9 Å². The second-order valence-electron chi connectivity index (χ2n) is 6.68. The number of rotatable bonds is 12. The Bertz CT molecular complexity index is 449. The number of hydrogen-bond donors (Lipinski definition) is 3.